The molecule has 0 radical (unpaired) electrons. The van der Waals surface area contributed by atoms with Gasteiger partial charge in [0.25, 0.3) is 0 Å². The van der Waals surface area contributed by atoms with E-state index in [1.54, 1.807) is 20.8 Å². The van der Waals surface area contributed by atoms with Crippen molar-refractivity contribution in [2.75, 3.05) is 0 Å². The lowest BCUT2D eigenvalue weighted by Crippen LogP contribution is -2.48. The minimum atomic E-state index is -4.60. The highest BCUT2D eigenvalue weighted by Crippen LogP contribution is 2.45. The van der Waals surface area contributed by atoms with Crippen molar-refractivity contribution in [3.8, 4) is 0 Å². The minimum absolute atomic E-state index is 0.0106. The molecule has 0 bridgehead atoms. The normalized spacial score (nSPS) is 18.1. The number of carbonyl (C=O) groups is 1. The molecule has 0 saturated carbocycles. The summed E-state index contributed by atoms with van der Waals surface area (Å²) in [7, 11) is 0. The number of halogens is 3. The third kappa shape index (κ3) is 3.36. The zero-order chi connectivity index (χ0) is 14.0. The van der Waals surface area contributed by atoms with E-state index in [1.165, 1.54) is 13.8 Å². The van der Waals surface area contributed by atoms with Gasteiger partial charge in [-0.2, -0.15) is 13.2 Å². The first-order chi connectivity index (χ1) is 7.44. The summed E-state index contributed by atoms with van der Waals surface area (Å²) in [6.07, 6.45) is -5.13. The standard InChI is InChI=1S/C12H21F3O2/c1-7(2)9(5)17-10(16)11(6,8(3)4)12(13,14)15/h7-9H,1-6H3. The Kier molecular flexibility index (Phi) is 5.04. The molecule has 0 saturated heterocycles. The van der Waals surface area contributed by atoms with Crippen LogP contribution >= 0.6 is 0 Å². The molecule has 5 heteroatoms. The van der Waals surface area contributed by atoms with Crippen LogP contribution in [0.2, 0.25) is 0 Å². The molecule has 0 rings (SSSR count). The van der Waals surface area contributed by atoms with Crippen molar-refractivity contribution in [1.29, 1.82) is 0 Å². The maximum absolute atomic E-state index is 13.0. The largest absolute Gasteiger partial charge is 0.462 e. The summed E-state index contributed by atoms with van der Waals surface area (Å²) in [5.74, 6) is -2.07. The monoisotopic (exact) mass is 254 g/mol. The Morgan fingerprint density at radius 2 is 1.47 bits per heavy atom. The third-order valence-corrected chi connectivity index (χ3v) is 3.40. The summed E-state index contributed by atoms with van der Waals surface area (Å²) in [6.45, 7) is 8.81. The number of rotatable bonds is 4. The number of hydrogen-bond acceptors (Lipinski definition) is 2. The van der Waals surface area contributed by atoms with Gasteiger partial charge in [0.15, 0.2) is 5.41 Å². The van der Waals surface area contributed by atoms with Gasteiger partial charge in [0.2, 0.25) is 0 Å². The van der Waals surface area contributed by atoms with Gasteiger partial charge in [-0.05, 0) is 25.7 Å². The molecule has 0 heterocycles. The topological polar surface area (TPSA) is 26.3 Å². The Morgan fingerprint density at radius 1 is 1.06 bits per heavy atom. The van der Waals surface area contributed by atoms with Gasteiger partial charge in [0.05, 0.1) is 0 Å². The quantitative estimate of drug-likeness (QED) is 0.713. The summed E-state index contributed by atoms with van der Waals surface area (Å²) < 4.78 is 43.8. The summed E-state index contributed by atoms with van der Waals surface area (Å²) in [6, 6.07) is 0. The molecular formula is C12H21F3O2. The predicted molar refractivity (Wildman–Crippen MR) is 59.4 cm³/mol. The average molecular weight is 254 g/mol. The molecule has 2 atom stereocenters. The highest BCUT2D eigenvalue weighted by atomic mass is 19.4. The molecule has 0 amide bonds. The first kappa shape index (κ1) is 16.3. The SMILES string of the molecule is CC(C)C(C)OC(=O)C(C)(C(C)C)C(F)(F)F. The van der Waals surface area contributed by atoms with E-state index in [2.05, 4.69) is 0 Å². The van der Waals surface area contributed by atoms with E-state index in [1.807, 2.05) is 0 Å². The first-order valence-corrected chi connectivity index (χ1v) is 5.72. The van der Waals surface area contributed by atoms with Crippen LogP contribution in [0.1, 0.15) is 41.5 Å². The van der Waals surface area contributed by atoms with Crippen LogP contribution in [0.4, 0.5) is 13.2 Å². The zero-order valence-corrected chi connectivity index (χ0v) is 11.2. The van der Waals surface area contributed by atoms with Crippen LogP contribution in [0.25, 0.3) is 0 Å². The van der Waals surface area contributed by atoms with Gasteiger partial charge in [0, 0.05) is 0 Å². The number of alkyl halides is 3. The van der Waals surface area contributed by atoms with Gasteiger partial charge in [-0.3, -0.25) is 4.79 Å². The summed E-state index contributed by atoms with van der Waals surface area (Å²) >= 11 is 0. The molecule has 0 aromatic heterocycles. The molecule has 17 heavy (non-hydrogen) atoms. The van der Waals surface area contributed by atoms with E-state index >= 15 is 0 Å². The third-order valence-electron chi connectivity index (χ3n) is 3.40. The second-order valence-corrected chi connectivity index (χ2v) is 5.21. The molecule has 2 nitrogen and oxygen atoms in total. The van der Waals surface area contributed by atoms with Gasteiger partial charge < -0.3 is 4.74 Å². The van der Waals surface area contributed by atoms with Crippen LogP contribution in [0.5, 0.6) is 0 Å². The predicted octanol–water partition coefficient (Wildman–Crippen LogP) is 3.80. The molecular weight excluding hydrogens is 233 g/mol. The van der Waals surface area contributed by atoms with E-state index < -0.39 is 29.6 Å². The van der Waals surface area contributed by atoms with Gasteiger partial charge in [0.1, 0.15) is 6.10 Å². The van der Waals surface area contributed by atoms with Crippen LogP contribution in [-0.2, 0) is 9.53 Å². The Balaban J connectivity index is 5.05. The molecule has 0 aliphatic rings. The van der Waals surface area contributed by atoms with E-state index in [4.69, 9.17) is 4.74 Å². The van der Waals surface area contributed by atoms with Crippen LogP contribution in [-0.4, -0.2) is 18.2 Å². The van der Waals surface area contributed by atoms with E-state index in [-0.39, 0.29) is 5.92 Å². The smallest absolute Gasteiger partial charge is 0.404 e. The summed E-state index contributed by atoms with van der Waals surface area (Å²) in [5.41, 5.74) is -2.45. The Morgan fingerprint density at radius 3 is 1.71 bits per heavy atom. The number of carbonyl (C=O) groups excluding carboxylic acids is 1. The average Bonchev–Trinajstić information content (AvgIpc) is 2.13. The van der Waals surface area contributed by atoms with Crippen LogP contribution in [0.3, 0.4) is 0 Å². The van der Waals surface area contributed by atoms with Crippen molar-refractivity contribution in [3.63, 3.8) is 0 Å². The minimum Gasteiger partial charge on any atom is -0.462 e. The number of hydrogen-bond donors (Lipinski definition) is 0. The van der Waals surface area contributed by atoms with E-state index in [0.717, 1.165) is 6.92 Å². The lowest BCUT2D eigenvalue weighted by Gasteiger charge is -2.34. The molecule has 0 N–H and O–H groups in total. The van der Waals surface area contributed by atoms with Crippen LogP contribution < -0.4 is 0 Å². The highest BCUT2D eigenvalue weighted by molar-refractivity contribution is 5.78. The van der Waals surface area contributed by atoms with Crippen molar-refractivity contribution in [1.82, 2.24) is 0 Å². The second kappa shape index (κ2) is 5.27. The molecule has 0 fully saturated rings. The van der Waals surface area contributed by atoms with Gasteiger partial charge in [-0.15, -0.1) is 0 Å². The van der Waals surface area contributed by atoms with Gasteiger partial charge >= 0.3 is 12.1 Å². The second-order valence-electron chi connectivity index (χ2n) is 5.21. The molecule has 0 aliphatic heterocycles. The molecule has 0 aliphatic carbocycles. The van der Waals surface area contributed by atoms with Crippen molar-refractivity contribution >= 4 is 5.97 Å². The Hall–Kier alpha value is -0.740. The molecule has 2 unspecified atom stereocenters. The maximum Gasteiger partial charge on any atom is 0.404 e. The van der Waals surface area contributed by atoms with E-state index in [0.29, 0.717) is 0 Å². The summed E-state index contributed by atoms with van der Waals surface area (Å²) in [5, 5.41) is 0. The molecule has 0 aromatic carbocycles. The summed E-state index contributed by atoms with van der Waals surface area (Å²) in [4.78, 5) is 11.7. The van der Waals surface area contributed by atoms with E-state index in [9.17, 15) is 18.0 Å². The molecule has 0 aromatic rings. The maximum atomic E-state index is 13.0. The lowest BCUT2D eigenvalue weighted by atomic mass is 9.78. The lowest BCUT2D eigenvalue weighted by molar-refractivity contribution is -0.244. The number of ether oxygens (including phenoxy) is 1. The zero-order valence-electron chi connectivity index (χ0n) is 11.2. The highest BCUT2D eigenvalue weighted by Gasteiger charge is 2.60. The van der Waals surface area contributed by atoms with Gasteiger partial charge in [-0.1, -0.05) is 27.7 Å². The Bertz CT molecular complexity index is 271. The number of esters is 1. The molecule has 0 spiro atoms. The molecule has 102 valence electrons. The van der Waals surface area contributed by atoms with Crippen LogP contribution in [0, 0.1) is 17.3 Å². The van der Waals surface area contributed by atoms with Crippen LogP contribution in [0.15, 0.2) is 0 Å². The van der Waals surface area contributed by atoms with Crippen molar-refractivity contribution < 1.29 is 22.7 Å². The fraction of sp³-hybridized carbons (Fsp3) is 0.917. The first-order valence-electron chi connectivity index (χ1n) is 5.72. The fourth-order valence-corrected chi connectivity index (χ4v) is 1.11. The Labute approximate surface area is 101 Å². The fourth-order valence-electron chi connectivity index (χ4n) is 1.11. The van der Waals surface area contributed by atoms with Crippen molar-refractivity contribution in [2.45, 2.75) is 53.8 Å². The van der Waals surface area contributed by atoms with Crippen molar-refractivity contribution in [2.24, 2.45) is 17.3 Å². The van der Waals surface area contributed by atoms with Crippen molar-refractivity contribution in [3.05, 3.63) is 0 Å². The van der Waals surface area contributed by atoms with Gasteiger partial charge in [-0.25, -0.2) is 0 Å².